The molecule has 1 aromatic heterocycles. The summed E-state index contributed by atoms with van der Waals surface area (Å²) in [7, 11) is -3.61. The van der Waals surface area contributed by atoms with Crippen LogP contribution in [0.5, 0.6) is 0 Å². The normalized spacial score (nSPS) is 16.4. The van der Waals surface area contributed by atoms with Crippen molar-refractivity contribution in [3.63, 3.8) is 0 Å². The maximum Gasteiger partial charge on any atom is 0.179 e. The molecule has 1 aliphatic heterocycles. The Morgan fingerprint density at radius 1 is 0.404 bits per heavy atom. The topological polar surface area (TPSA) is 4.93 Å². The van der Waals surface area contributed by atoms with Gasteiger partial charge < -0.3 is 4.57 Å². The third-order valence-corrected chi connectivity index (χ3v) is 16.9. The number of benzene rings is 9. The first-order valence-corrected chi connectivity index (χ1v) is 21.0. The Labute approximate surface area is 350 Å². The summed E-state index contributed by atoms with van der Waals surface area (Å²) in [6.45, 7) is 0. The fourth-order valence-electron chi connectivity index (χ4n) is 9.96. The minimum absolute atomic E-state index is 0.0796. The molecule has 266 valence electrons. The molecule has 1 nitrogen and oxygen atoms in total. The second-order valence-corrected chi connectivity index (χ2v) is 18.5. The van der Waals surface area contributed by atoms with Crippen LogP contribution in [0.1, 0.15) is 38.7 Å². The van der Waals surface area contributed by atoms with E-state index < -0.39 is 43.7 Å². The average Bonchev–Trinajstić information content (AvgIpc) is 3.89. The predicted octanol–water partition coefficient (Wildman–Crippen LogP) is 10.5. The molecule has 0 N–H and O–H groups in total. The molecule has 12 rings (SSSR count). The number of hydrogen-bond donors (Lipinski definition) is 0. The molecule has 0 radical (unpaired) electrons. The predicted molar refractivity (Wildman–Crippen MR) is 241 cm³/mol. The van der Waals surface area contributed by atoms with Gasteiger partial charge in [-0.2, -0.15) is 0 Å². The van der Waals surface area contributed by atoms with Gasteiger partial charge in [-0.05, 0) is 77.4 Å². The summed E-state index contributed by atoms with van der Waals surface area (Å²) in [5.41, 5.74) is 5.13. The third kappa shape index (κ3) is 4.28. The second-order valence-electron chi connectivity index (χ2n) is 14.7. The number of aromatic nitrogens is 1. The van der Waals surface area contributed by atoms with Gasteiger partial charge in [-0.25, -0.2) is 0 Å². The molecule has 57 heavy (non-hydrogen) atoms. The summed E-state index contributed by atoms with van der Waals surface area (Å²) < 4.78 is 111. The van der Waals surface area contributed by atoms with E-state index >= 15 is 0 Å². The van der Waals surface area contributed by atoms with Gasteiger partial charge in [0, 0.05) is 10.8 Å². The molecule has 0 amide bonds. The minimum Gasteiger partial charge on any atom is -0.309 e. The summed E-state index contributed by atoms with van der Waals surface area (Å²) in [4.78, 5) is 0. The second kappa shape index (κ2) is 12.2. The van der Waals surface area contributed by atoms with Crippen LogP contribution in [0, 0.1) is 0 Å². The van der Waals surface area contributed by atoms with Gasteiger partial charge in [0.15, 0.2) is 8.07 Å². The smallest absolute Gasteiger partial charge is 0.179 e. The van der Waals surface area contributed by atoms with E-state index in [0.29, 0.717) is 22.3 Å². The lowest BCUT2D eigenvalue weighted by Gasteiger charge is -2.41. The SMILES string of the molecule is [2H]c1c([2H])c([2H])c(-c2cccc([Si](c3ccccc3)(c3ccccc3)c3ccc4c(c3)-n3c5c([2H])c([2H])c([2H])c([2H])c5c5c([2H])c([2H])c([2H])c(c53)C43c4ccccc4-c4ccccc43)c2)c([2H])c1[2H]. The standard InChI is InChI=1S/C55H37NSi/c1-4-18-38(19-5-1)39-20-16-25-42(36-39)57(40-21-6-2-7-22-40,41-23-8-3-9-24-41)43-34-35-50-53(37-43)56-52-33-15-12-28-46(52)47-29-17-32-51(54(47)56)55(50)48-30-13-10-26-44(48)45-27-11-14-31-49(45)55/h1-37H/i1D,4D,5D,12D,15D,17D,18D,19D,28D,29D,32D,33D. The number of nitrogens with zero attached hydrogens (tertiary/aromatic N) is 1. The first kappa shape index (κ1) is 22.5. The van der Waals surface area contributed by atoms with Gasteiger partial charge in [0.1, 0.15) is 0 Å². The van der Waals surface area contributed by atoms with E-state index in [-0.39, 0.29) is 64.1 Å². The van der Waals surface area contributed by atoms with Gasteiger partial charge in [-0.1, -0.05) is 212 Å². The highest BCUT2D eigenvalue weighted by molar-refractivity contribution is 7.20. The molecule has 0 saturated carbocycles. The van der Waals surface area contributed by atoms with Crippen molar-refractivity contribution in [2.24, 2.45) is 0 Å². The van der Waals surface area contributed by atoms with Gasteiger partial charge in [0.05, 0.1) is 38.6 Å². The van der Waals surface area contributed by atoms with Crippen LogP contribution in [0.2, 0.25) is 0 Å². The molecule has 2 heterocycles. The van der Waals surface area contributed by atoms with Gasteiger partial charge in [0.2, 0.25) is 0 Å². The van der Waals surface area contributed by atoms with E-state index in [0.717, 1.165) is 48.6 Å². The fourth-order valence-corrected chi connectivity index (χ4v) is 14.7. The van der Waals surface area contributed by atoms with E-state index in [1.54, 1.807) is 6.07 Å². The summed E-state index contributed by atoms with van der Waals surface area (Å²) >= 11 is 0. The van der Waals surface area contributed by atoms with Crippen molar-refractivity contribution in [3.8, 4) is 27.9 Å². The Balaban J connectivity index is 1.30. The van der Waals surface area contributed by atoms with E-state index in [1.165, 1.54) is 0 Å². The Bertz CT molecular complexity index is 3770. The quantitative estimate of drug-likeness (QED) is 0.122. The molecule has 2 aliphatic rings. The monoisotopic (exact) mass is 751 g/mol. The van der Waals surface area contributed by atoms with Gasteiger partial charge in [-0.15, -0.1) is 0 Å². The molecular formula is C55H37NSi. The van der Waals surface area contributed by atoms with Crippen molar-refractivity contribution in [2.45, 2.75) is 5.41 Å². The molecule has 0 atom stereocenters. The van der Waals surface area contributed by atoms with Crippen molar-refractivity contribution in [3.05, 3.63) is 246 Å². The van der Waals surface area contributed by atoms with Crippen molar-refractivity contribution >= 4 is 50.6 Å². The molecule has 0 unspecified atom stereocenters. The third-order valence-electron chi connectivity index (χ3n) is 12.1. The Morgan fingerprint density at radius 3 is 1.72 bits per heavy atom. The lowest BCUT2D eigenvalue weighted by atomic mass is 9.65. The molecule has 10 aromatic rings. The average molecular weight is 752 g/mol. The molecule has 2 heteroatoms. The van der Waals surface area contributed by atoms with Crippen molar-refractivity contribution in [1.29, 1.82) is 0 Å². The zero-order valence-corrected chi connectivity index (χ0v) is 31.4. The first-order chi connectivity index (χ1) is 33.3. The Kier molecular flexibility index (Phi) is 4.84. The van der Waals surface area contributed by atoms with Crippen LogP contribution in [0.3, 0.4) is 0 Å². The molecule has 0 bridgehead atoms. The molecule has 1 spiro atoms. The van der Waals surface area contributed by atoms with Crippen LogP contribution in [0.15, 0.2) is 224 Å². The summed E-state index contributed by atoms with van der Waals surface area (Å²) in [6, 6.07) is 45.8. The van der Waals surface area contributed by atoms with E-state index in [9.17, 15) is 6.85 Å². The number of para-hydroxylation sites is 2. The molecular weight excluding hydrogens is 703 g/mol. The Morgan fingerprint density at radius 2 is 1.00 bits per heavy atom. The van der Waals surface area contributed by atoms with Gasteiger partial charge >= 0.3 is 0 Å². The van der Waals surface area contributed by atoms with E-state index in [4.69, 9.17) is 9.60 Å². The van der Waals surface area contributed by atoms with Gasteiger partial charge in [-0.3, -0.25) is 0 Å². The van der Waals surface area contributed by atoms with Crippen LogP contribution < -0.4 is 20.7 Å². The highest BCUT2D eigenvalue weighted by Crippen LogP contribution is 2.60. The van der Waals surface area contributed by atoms with Gasteiger partial charge in [0.25, 0.3) is 0 Å². The number of hydrogen-bond acceptors (Lipinski definition) is 0. The lowest BCUT2D eigenvalue weighted by Crippen LogP contribution is -2.74. The summed E-state index contributed by atoms with van der Waals surface area (Å²) in [5.74, 6) is 0. The van der Waals surface area contributed by atoms with Crippen LogP contribution in [-0.4, -0.2) is 12.6 Å². The highest BCUT2D eigenvalue weighted by Gasteiger charge is 2.51. The maximum absolute atomic E-state index is 9.92. The minimum atomic E-state index is -3.61. The zero-order valence-electron chi connectivity index (χ0n) is 42.4. The van der Waals surface area contributed by atoms with Crippen molar-refractivity contribution < 1.29 is 16.4 Å². The highest BCUT2D eigenvalue weighted by atomic mass is 28.3. The van der Waals surface area contributed by atoms with Crippen LogP contribution in [0.25, 0.3) is 49.7 Å². The zero-order chi connectivity index (χ0) is 48.0. The summed E-state index contributed by atoms with van der Waals surface area (Å²) in [6.07, 6.45) is 0. The van der Waals surface area contributed by atoms with Crippen LogP contribution >= 0.6 is 0 Å². The first-order valence-electron chi connectivity index (χ1n) is 25.0. The van der Waals surface area contributed by atoms with Crippen molar-refractivity contribution in [2.75, 3.05) is 0 Å². The van der Waals surface area contributed by atoms with E-state index in [2.05, 4.69) is 54.6 Å². The maximum atomic E-state index is 9.92. The molecule has 0 saturated heterocycles. The van der Waals surface area contributed by atoms with E-state index in [1.807, 2.05) is 95.6 Å². The fraction of sp³-hybridized carbons (Fsp3) is 0.0182. The van der Waals surface area contributed by atoms with Crippen LogP contribution in [-0.2, 0) is 5.41 Å². The number of rotatable bonds is 5. The summed E-state index contributed by atoms with van der Waals surface area (Å²) in [5, 5.41) is 3.93. The molecule has 1 aliphatic carbocycles. The molecule has 0 fully saturated rings. The van der Waals surface area contributed by atoms with Crippen molar-refractivity contribution in [1.82, 2.24) is 4.57 Å². The largest absolute Gasteiger partial charge is 0.309 e. The lowest BCUT2D eigenvalue weighted by molar-refractivity contribution is 0.749. The number of fused-ring (bicyclic) bond motifs is 12. The van der Waals surface area contributed by atoms with Crippen LogP contribution in [0.4, 0.5) is 0 Å². The molecule has 9 aromatic carbocycles. The Hall–Kier alpha value is -7.00.